The number of non-ortho nitro benzene ring substituents is 2. The highest BCUT2D eigenvalue weighted by atomic mass is 16.6. The first-order valence-corrected chi connectivity index (χ1v) is 11.7. The molecule has 0 aliphatic carbocycles. The number of nitro benzene ring substituents is 2. The quantitative estimate of drug-likeness (QED) is 0.109. The molecule has 3 aromatic carbocycles. The van der Waals surface area contributed by atoms with Crippen molar-refractivity contribution in [2.45, 2.75) is 6.92 Å². The van der Waals surface area contributed by atoms with Crippen molar-refractivity contribution < 1.29 is 43.1 Å². The minimum Gasteiger partial charge on any atom is -0.493 e. The largest absolute Gasteiger partial charge is 0.493 e. The molecule has 0 fully saturated rings. The second-order valence-electron chi connectivity index (χ2n) is 7.89. The Balaban J connectivity index is 1.80. The molecule has 0 heterocycles. The summed E-state index contributed by atoms with van der Waals surface area (Å²) in [5, 5.41) is 25.9. The number of nitrogens with zero attached hydrogens (tertiary/aromatic N) is 3. The molecule has 41 heavy (non-hydrogen) atoms. The van der Waals surface area contributed by atoms with Crippen LogP contribution in [0.1, 0.15) is 33.2 Å². The van der Waals surface area contributed by atoms with Crippen LogP contribution in [0.3, 0.4) is 0 Å². The Kier molecular flexibility index (Phi) is 9.72. The molecule has 0 bridgehead atoms. The van der Waals surface area contributed by atoms with Crippen LogP contribution >= 0.6 is 0 Å². The maximum Gasteiger partial charge on any atom is 0.343 e. The SMILES string of the molecule is CCOc1cc(C=NNC(=O)c2cc([N+](=O)[O-])cc([N+](=O)[O-])c2)ccc1OC(=O)c1cc(OC)c(OC)c(OC)c1. The van der Waals surface area contributed by atoms with Gasteiger partial charge in [-0.25, -0.2) is 10.2 Å². The topological polar surface area (TPSA) is 191 Å². The van der Waals surface area contributed by atoms with Crippen molar-refractivity contribution in [1.82, 2.24) is 5.43 Å². The molecule has 15 heteroatoms. The lowest BCUT2D eigenvalue weighted by Crippen LogP contribution is -2.18. The number of benzene rings is 3. The number of rotatable bonds is 12. The van der Waals surface area contributed by atoms with Crippen molar-refractivity contribution in [3.63, 3.8) is 0 Å². The van der Waals surface area contributed by atoms with Crippen LogP contribution in [0.5, 0.6) is 28.7 Å². The van der Waals surface area contributed by atoms with Gasteiger partial charge in [-0.3, -0.25) is 25.0 Å². The van der Waals surface area contributed by atoms with E-state index in [9.17, 15) is 29.8 Å². The zero-order valence-electron chi connectivity index (χ0n) is 22.2. The Morgan fingerprint density at radius 1 is 0.829 bits per heavy atom. The summed E-state index contributed by atoms with van der Waals surface area (Å²) < 4.78 is 26.9. The fraction of sp³-hybridized carbons (Fsp3) is 0.192. The molecular weight excluding hydrogens is 544 g/mol. The molecule has 0 spiro atoms. The monoisotopic (exact) mass is 568 g/mol. The Hall–Kier alpha value is -5.73. The highest BCUT2D eigenvalue weighted by Gasteiger charge is 2.21. The van der Waals surface area contributed by atoms with Crippen molar-refractivity contribution in [1.29, 1.82) is 0 Å². The first kappa shape index (κ1) is 29.8. The number of nitro groups is 2. The number of hydrogen-bond acceptors (Lipinski definition) is 12. The van der Waals surface area contributed by atoms with Gasteiger partial charge < -0.3 is 23.7 Å². The van der Waals surface area contributed by atoms with Gasteiger partial charge in [0.25, 0.3) is 17.3 Å². The van der Waals surface area contributed by atoms with E-state index in [0.29, 0.717) is 11.3 Å². The van der Waals surface area contributed by atoms with E-state index in [1.54, 1.807) is 6.92 Å². The molecule has 0 aliphatic rings. The van der Waals surface area contributed by atoms with Gasteiger partial charge in [-0.15, -0.1) is 0 Å². The maximum atomic E-state index is 12.9. The summed E-state index contributed by atoms with van der Waals surface area (Å²) >= 11 is 0. The fourth-order valence-electron chi connectivity index (χ4n) is 3.48. The molecule has 3 rings (SSSR count). The van der Waals surface area contributed by atoms with Crippen molar-refractivity contribution in [3.05, 3.63) is 85.4 Å². The van der Waals surface area contributed by atoms with Gasteiger partial charge in [0.15, 0.2) is 23.0 Å². The van der Waals surface area contributed by atoms with E-state index < -0.39 is 33.1 Å². The summed E-state index contributed by atoms with van der Waals surface area (Å²) in [6, 6.07) is 9.86. The zero-order valence-corrected chi connectivity index (χ0v) is 22.2. The van der Waals surface area contributed by atoms with E-state index in [2.05, 4.69) is 10.5 Å². The number of carbonyl (C=O) groups is 2. The van der Waals surface area contributed by atoms with Gasteiger partial charge >= 0.3 is 5.97 Å². The Bertz CT molecular complexity index is 1460. The van der Waals surface area contributed by atoms with Crippen LogP contribution in [0.15, 0.2) is 53.6 Å². The summed E-state index contributed by atoms with van der Waals surface area (Å²) in [5.41, 5.74) is 1.14. The number of amides is 1. The van der Waals surface area contributed by atoms with Gasteiger partial charge in [-0.1, -0.05) is 0 Å². The Morgan fingerprint density at radius 3 is 1.95 bits per heavy atom. The lowest BCUT2D eigenvalue weighted by Gasteiger charge is -2.15. The second kappa shape index (κ2) is 13.4. The molecule has 0 atom stereocenters. The number of carbonyl (C=O) groups excluding carboxylic acids is 2. The lowest BCUT2D eigenvalue weighted by atomic mass is 10.1. The molecule has 15 nitrogen and oxygen atoms in total. The number of hydrogen-bond donors (Lipinski definition) is 1. The van der Waals surface area contributed by atoms with E-state index in [1.807, 2.05) is 0 Å². The third kappa shape index (κ3) is 7.23. The molecular formula is C26H24N4O11. The Morgan fingerprint density at radius 2 is 1.44 bits per heavy atom. The summed E-state index contributed by atoms with van der Waals surface area (Å²) in [7, 11) is 4.26. The van der Waals surface area contributed by atoms with Gasteiger partial charge in [0.05, 0.1) is 61.2 Å². The van der Waals surface area contributed by atoms with Crippen molar-refractivity contribution in [2.75, 3.05) is 27.9 Å². The highest BCUT2D eigenvalue weighted by Crippen LogP contribution is 2.39. The first-order chi connectivity index (χ1) is 19.6. The summed E-state index contributed by atoms with van der Waals surface area (Å²) in [5.74, 6) is -0.525. The Labute approximate surface area is 232 Å². The molecule has 214 valence electrons. The van der Waals surface area contributed by atoms with Crippen LogP contribution in [-0.2, 0) is 0 Å². The van der Waals surface area contributed by atoms with Crippen molar-refractivity contribution in [2.24, 2.45) is 5.10 Å². The molecule has 0 aliphatic heterocycles. The summed E-state index contributed by atoms with van der Waals surface area (Å²) in [6.45, 7) is 1.96. The van der Waals surface area contributed by atoms with Gasteiger partial charge in [-0.2, -0.15) is 5.10 Å². The van der Waals surface area contributed by atoms with E-state index in [4.69, 9.17) is 23.7 Å². The third-order valence-electron chi connectivity index (χ3n) is 5.34. The van der Waals surface area contributed by atoms with E-state index >= 15 is 0 Å². The second-order valence-corrected chi connectivity index (χ2v) is 7.89. The van der Waals surface area contributed by atoms with Crippen molar-refractivity contribution in [3.8, 4) is 28.7 Å². The van der Waals surface area contributed by atoms with Gasteiger partial charge in [-0.05, 0) is 42.8 Å². The van der Waals surface area contributed by atoms with Crippen LogP contribution < -0.4 is 29.1 Å². The third-order valence-corrected chi connectivity index (χ3v) is 5.34. The maximum absolute atomic E-state index is 12.9. The van der Waals surface area contributed by atoms with Crippen LogP contribution in [0.25, 0.3) is 0 Å². The summed E-state index contributed by atoms with van der Waals surface area (Å²) in [4.78, 5) is 45.7. The van der Waals surface area contributed by atoms with Gasteiger partial charge in [0, 0.05) is 12.1 Å². The normalized spacial score (nSPS) is 10.5. The smallest absolute Gasteiger partial charge is 0.343 e. The van der Waals surface area contributed by atoms with Crippen LogP contribution in [0.2, 0.25) is 0 Å². The average Bonchev–Trinajstić information content (AvgIpc) is 2.97. The highest BCUT2D eigenvalue weighted by molar-refractivity contribution is 5.96. The van der Waals surface area contributed by atoms with Crippen LogP contribution in [-0.4, -0.2) is 55.9 Å². The number of nitrogens with one attached hydrogen (secondary N) is 1. The van der Waals surface area contributed by atoms with Crippen LogP contribution in [0, 0.1) is 20.2 Å². The number of ether oxygens (including phenoxy) is 5. The van der Waals surface area contributed by atoms with E-state index in [-0.39, 0.29) is 40.7 Å². The average molecular weight is 568 g/mol. The number of methoxy groups -OCH3 is 3. The predicted octanol–water partition coefficient (Wildman–Crippen LogP) is 3.91. The first-order valence-electron chi connectivity index (χ1n) is 11.7. The van der Waals surface area contributed by atoms with Gasteiger partial charge in [0.1, 0.15) is 0 Å². The van der Waals surface area contributed by atoms with Crippen molar-refractivity contribution >= 4 is 29.5 Å². The minimum atomic E-state index is -0.908. The van der Waals surface area contributed by atoms with E-state index in [0.717, 1.165) is 18.2 Å². The molecule has 3 aromatic rings. The molecule has 0 saturated heterocycles. The van der Waals surface area contributed by atoms with E-state index in [1.165, 1.54) is 57.9 Å². The number of hydrazone groups is 1. The minimum absolute atomic E-state index is 0.0932. The molecule has 0 unspecified atom stereocenters. The summed E-state index contributed by atoms with van der Waals surface area (Å²) in [6.07, 6.45) is 1.23. The molecule has 0 aromatic heterocycles. The molecule has 0 radical (unpaired) electrons. The molecule has 1 amide bonds. The zero-order chi connectivity index (χ0) is 30.1. The standard InChI is InChI=1S/C26H24N4O11/c1-5-40-21-8-15(14-27-28-25(31)16-9-18(29(33)34)13-19(10-16)30(35)36)6-7-20(21)41-26(32)17-11-22(37-2)24(39-4)23(12-17)38-3/h6-14H,5H2,1-4H3,(H,28,31). The number of esters is 1. The molecule has 0 saturated carbocycles. The lowest BCUT2D eigenvalue weighted by molar-refractivity contribution is -0.394. The predicted molar refractivity (Wildman–Crippen MR) is 143 cm³/mol. The van der Waals surface area contributed by atoms with Gasteiger partial charge in [0.2, 0.25) is 5.75 Å². The fourth-order valence-corrected chi connectivity index (χ4v) is 3.48. The molecule has 1 N–H and O–H groups in total. The van der Waals surface area contributed by atoms with Crippen LogP contribution in [0.4, 0.5) is 11.4 Å².